The van der Waals surface area contributed by atoms with Gasteiger partial charge >= 0.3 is 6.03 Å². The van der Waals surface area contributed by atoms with E-state index in [-0.39, 0.29) is 11.9 Å². The van der Waals surface area contributed by atoms with Gasteiger partial charge in [-0.05, 0) is 29.2 Å². The fourth-order valence-electron chi connectivity index (χ4n) is 3.05. The predicted octanol–water partition coefficient (Wildman–Crippen LogP) is 3.29. The molecule has 3 N–H and O–H groups in total. The van der Waals surface area contributed by atoms with Crippen LogP contribution in [0.1, 0.15) is 27.3 Å². The van der Waals surface area contributed by atoms with Crippen molar-refractivity contribution in [2.24, 2.45) is 0 Å². The third-order valence-electron chi connectivity index (χ3n) is 4.32. The van der Waals surface area contributed by atoms with Crippen LogP contribution in [-0.2, 0) is 13.0 Å². The Hall–Kier alpha value is -2.93. The van der Waals surface area contributed by atoms with Crippen molar-refractivity contribution in [2.45, 2.75) is 19.4 Å². The second-order valence-electron chi connectivity index (χ2n) is 6.10. The van der Waals surface area contributed by atoms with E-state index in [9.17, 15) is 9.59 Å². The standard InChI is InChI=1S/C19H18N4O2S/c24-17-16-15(9-4-10-20-17)22-19(26-16)23-18(25)21-11-13-7-3-6-12-5-1-2-8-14(12)13/h1-3,5-8H,4,9-11H2,(H,20,24)(H2,21,22,23,25). The lowest BCUT2D eigenvalue weighted by molar-refractivity contribution is 0.0960. The highest BCUT2D eigenvalue weighted by Gasteiger charge is 2.21. The molecule has 0 radical (unpaired) electrons. The summed E-state index contributed by atoms with van der Waals surface area (Å²) in [4.78, 5) is 29.2. The van der Waals surface area contributed by atoms with E-state index in [0.29, 0.717) is 23.1 Å². The first-order valence-electron chi connectivity index (χ1n) is 8.50. The van der Waals surface area contributed by atoms with Crippen LogP contribution in [-0.4, -0.2) is 23.5 Å². The number of aryl methyl sites for hydroxylation is 1. The van der Waals surface area contributed by atoms with Gasteiger partial charge in [0.1, 0.15) is 4.88 Å². The Morgan fingerprint density at radius 3 is 2.96 bits per heavy atom. The zero-order valence-corrected chi connectivity index (χ0v) is 14.9. The van der Waals surface area contributed by atoms with E-state index in [1.54, 1.807) is 0 Å². The summed E-state index contributed by atoms with van der Waals surface area (Å²) in [7, 11) is 0. The van der Waals surface area contributed by atoms with Crippen LogP contribution in [0.2, 0.25) is 0 Å². The van der Waals surface area contributed by atoms with Crippen LogP contribution in [0.25, 0.3) is 10.8 Å². The minimum absolute atomic E-state index is 0.112. The lowest BCUT2D eigenvalue weighted by atomic mass is 10.0. The molecule has 1 aliphatic heterocycles. The molecule has 3 amide bonds. The number of aromatic nitrogens is 1. The molecule has 132 valence electrons. The number of carbonyl (C=O) groups excluding carboxylic acids is 2. The number of thiazole rings is 1. The van der Waals surface area contributed by atoms with E-state index in [1.165, 1.54) is 11.3 Å². The summed E-state index contributed by atoms with van der Waals surface area (Å²) in [6.07, 6.45) is 1.60. The predicted molar refractivity (Wildman–Crippen MR) is 103 cm³/mol. The van der Waals surface area contributed by atoms with Crippen molar-refractivity contribution in [3.63, 3.8) is 0 Å². The van der Waals surface area contributed by atoms with Crippen molar-refractivity contribution in [3.05, 3.63) is 58.6 Å². The van der Waals surface area contributed by atoms with Crippen LogP contribution >= 0.6 is 11.3 Å². The van der Waals surface area contributed by atoms with Crippen molar-refractivity contribution >= 4 is 39.2 Å². The number of hydrogen-bond donors (Lipinski definition) is 3. The third-order valence-corrected chi connectivity index (χ3v) is 5.33. The smallest absolute Gasteiger partial charge is 0.321 e. The van der Waals surface area contributed by atoms with Crippen LogP contribution in [0.4, 0.5) is 9.93 Å². The normalized spacial score (nSPS) is 13.6. The number of fused-ring (bicyclic) bond motifs is 2. The van der Waals surface area contributed by atoms with Gasteiger partial charge < -0.3 is 10.6 Å². The maximum absolute atomic E-state index is 12.2. The first-order valence-corrected chi connectivity index (χ1v) is 9.32. The Morgan fingerprint density at radius 2 is 2.04 bits per heavy atom. The van der Waals surface area contributed by atoms with Crippen LogP contribution < -0.4 is 16.0 Å². The van der Waals surface area contributed by atoms with Gasteiger partial charge in [-0.15, -0.1) is 0 Å². The molecule has 0 fully saturated rings. The topological polar surface area (TPSA) is 83.1 Å². The molecular weight excluding hydrogens is 348 g/mol. The minimum atomic E-state index is -0.331. The average Bonchev–Trinajstić information content (AvgIpc) is 2.98. The van der Waals surface area contributed by atoms with Crippen LogP contribution in [0.15, 0.2) is 42.5 Å². The van der Waals surface area contributed by atoms with Gasteiger partial charge in [0.2, 0.25) is 0 Å². The van der Waals surface area contributed by atoms with Gasteiger partial charge in [-0.25, -0.2) is 9.78 Å². The van der Waals surface area contributed by atoms with Gasteiger partial charge in [-0.3, -0.25) is 10.1 Å². The number of hydrogen-bond acceptors (Lipinski definition) is 4. The van der Waals surface area contributed by atoms with Crippen molar-refractivity contribution in [1.29, 1.82) is 0 Å². The second kappa shape index (κ2) is 7.13. The first kappa shape index (κ1) is 16.5. The van der Waals surface area contributed by atoms with Gasteiger partial charge in [-0.1, -0.05) is 53.8 Å². The Balaban J connectivity index is 1.43. The lowest BCUT2D eigenvalue weighted by Gasteiger charge is -2.08. The Kier molecular flexibility index (Phi) is 4.53. The second-order valence-corrected chi connectivity index (χ2v) is 7.10. The largest absolute Gasteiger partial charge is 0.351 e. The maximum Gasteiger partial charge on any atom is 0.321 e. The summed E-state index contributed by atoms with van der Waals surface area (Å²) in [6.45, 7) is 1.08. The molecule has 0 atom stereocenters. The molecule has 2 aromatic carbocycles. The number of rotatable bonds is 3. The third kappa shape index (κ3) is 3.39. The van der Waals surface area contributed by atoms with Gasteiger partial charge in [0.15, 0.2) is 5.13 Å². The molecule has 0 unspecified atom stereocenters. The number of amides is 3. The number of nitrogens with one attached hydrogen (secondary N) is 3. The molecule has 0 bridgehead atoms. The highest BCUT2D eigenvalue weighted by molar-refractivity contribution is 7.17. The van der Waals surface area contributed by atoms with Crippen LogP contribution in [0.5, 0.6) is 0 Å². The van der Waals surface area contributed by atoms with E-state index >= 15 is 0 Å². The highest BCUT2D eigenvalue weighted by Crippen LogP contribution is 2.25. The molecule has 1 aliphatic rings. The van der Waals surface area contributed by atoms with Crippen molar-refractivity contribution in [3.8, 4) is 0 Å². The molecular formula is C19H18N4O2S. The van der Waals surface area contributed by atoms with E-state index in [4.69, 9.17) is 0 Å². The minimum Gasteiger partial charge on any atom is -0.351 e. The van der Waals surface area contributed by atoms with Crippen LogP contribution in [0, 0.1) is 0 Å². The molecule has 7 heteroatoms. The zero-order valence-electron chi connectivity index (χ0n) is 14.0. The Morgan fingerprint density at radius 1 is 1.19 bits per heavy atom. The van der Waals surface area contributed by atoms with Crippen molar-refractivity contribution in [2.75, 3.05) is 11.9 Å². The first-order chi connectivity index (χ1) is 12.7. The number of nitrogens with zero attached hydrogens (tertiary/aromatic N) is 1. The van der Waals surface area contributed by atoms with Gasteiger partial charge in [0.25, 0.3) is 5.91 Å². The van der Waals surface area contributed by atoms with Gasteiger partial charge in [-0.2, -0.15) is 0 Å². The Bertz CT molecular complexity index is 977. The van der Waals surface area contributed by atoms with E-state index in [2.05, 4.69) is 20.9 Å². The summed E-state index contributed by atoms with van der Waals surface area (Å²) >= 11 is 1.21. The summed E-state index contributed by atoms with van der Waals surface area (Å²) in [6, 6.07) is 13.8. The number of carbonyl (C=O) groups is 2. The van der Waals surface area contributed by atoms with Gasteiger partial charge in [0, 0.05) is 13.1 Å². The fraction of sp³-hybridized carbons (Fsp3) is 0.211. The lowest BCUT2D eigenvalue weighted by Crippen LogP contribution is -2.28. The zero-order chi connectivity index (χ0) is 17.9. The van der Waals surface area contributed by atoms with Crippen molar-refractivity contribution < 1.29 is 9.59 Å². The summed E-state index contributed by atoms with van der Waals surface area (Å²) in [5, 5.41) is 11.1. The highest BCUT2D eigenvalue weighted by atomic mass is 32.1. The molecule has 3 aromatic rings. The molecule has 0 spiro atoms. The van der Waals surface area contributed by atoms with Crippen molar-refractivity contribution in [1.82, 2.24) is 15.6 Å². The number of benzene rings is 2. The van der Waals surface area contributed by atoms with Gasteiger partial charge in [0.05, 0.1) is 5.69 Å². The fourth-order valence-corrected chi connectivity index (χ4v) is 3.98. The molecule has 0 aliphatic carbocycles. The molecule has 26 heavy (non-hydrogen) atoms. The molecule has 2 heterocycles. The SMILES string of the molecule is O=C(NCc1cccc2ccccc12)Nc1nc2c(s1)C(=O)NCCC2. The molecule has 0 saturated heterocycles. The van der Waals surface area contributed by atoms with E-state index < -0.39 is 0 Å². The average molecular weight is 366 g/mol. The molecule has 4 rings (SSSR count). The quantitative estimate of drug-likeness (QED) is 0.665. The monoisotopic (exact) mass is 366 g/mol. The molecule has 0 saturated carbocycles. The number of anilines is 1. The number of urea groups is 1. The molecule has 6 nitrogen and oxygen atoms in total. The molecule has 1 aromatic heterocycles. The summed E-state index contributed by atoms with van der Waals surface area (Å²) in [5.41, 5.74) is 1.81. The Labute approximate surface area is 154 Å². The summed E-state index contributed by atoms with van der Waals surface area (Å²) in [5.74, 6) is -0.112. The maximum atomic E-state index is 12.2. The summed E-state index contributed by atoms with van der Waals surface area (Å²) < 4.78 is 0. The van der Waals surface area contributed by atoms with E-state index in [0.717, 1.165) is 34.9 Å². The van der Waals surface area contributed by atoms with E-state index in [1.807, 2.05) is 42.5 Å². The van der Waals surface area contributed by atoms with Crippen LogP contribution in [0.3, 0.4) is 0 Å².